The van der Waals surface area contributed by atoms with Gasteiger partial charge in [-0.3, -0.25) is 14.5 Å². The molecule has 2 aromatic carbocycles. The highest BCUT2D eigenvalue weighted by Crippen LogP contribution is 2.35. The number of aryl methyl sites for hydroxylation is 1. The van der Waals surface area contributed by atoms with Crippen LogP contribution in [0.5, 0.6) is 0 Å². The Bertz CT molecular complexity index is 1200. The summed E-state index contributed by atoms with van der Waals surface area (Å²) >= 11 is 6.60. The minimum absolute atomic E-state index is 0.00245. The number of aliphatic carboxylic acids is 1. The first-order valence-electron chi connectivity index (χ1n) is 10.1. The summed E-state index contributed by atoms with van der Waals surface area (Å²) in [5.41, 5.74) is 4.60. The van der Waals surface area contributed by atoms with Gasteiger partial charge < -0.3 is 5.11 Å². The number of carboxylic acids is 1. The lowest BCUT2D eigenvalue weighted by atomic mass is 10.1. The summed E-state index contributed by atoms with van der Waals surface area (Å²) in [4.78, 5) is 25.7. The van der Waals surface area contributed by atoms with Gasteiger partial charge in [0.2, 0.25) is 0 Å². The molecule has 1 amide bonds. The molecule has 1 N–H and O–H groups in total. The first kappa shape index (κ1) is 22.0. The summed E-state index contributed by atoms with van der Waals surface area (Å²) in [6.45, 7) is 2.32. The van der Waals surface area contributed by atoms with Crippen LogP contribution in [0.15, 0.2) is 65.7 Å². The number of thiocarbonyl (C=S) groups is 1. The molecule has 0 saturated carbocycles. The fraction of sp³-hybridized carbons (Fsp3) is 0.167. The number of hydrogen-bond donors (Lipinski definition) is 1. The van der Waals surface area contributed by atoms with E-state index >= 15 is 0 Å². The van der Waals surface area contributed by atoms with Gasteiger partial charge in [0, 0.05) is 30.3 Å². The largest absolute Gasteiger partial charge is 0.481 e. The number of carbonyl (C=O) groups is 2. The zero-order valence-electron chi connectivity index (χ0n) is 17.4. The predicted molar refractivity (Wildman–Crippen MR) is 130 cm³/mol. The van der Waals surface area contributed by atoms with Crippen molar-refractivity contribution in [3.63, 3.8) is 0 Å². The maximum Gasteiger partial charge on any atom is 0.303 e. The molecule has 8 heteroatoms. The highest BCUT2D eigenvalue weighted by atomic mass is 32.2. The van der Waals surface area contributed by atoms with Gasteiger partial charge >= 0.3 is 5.97 Å². The van der Waals surface area contributed by atoms with Crippen molar-refractivity contribution in [3.05, 3.63) is 76.8 Å². The molecule has 6 nitrogen and oxygen atoms in total. The average molecular weight is 464 g/mol. The summed E-state index contributed by atoms with van der Waals surface area (Å²) in [6.07, 6.45) is 4.08. The van der Waals surface area contributed by atoms with Crippen LogP contribution in [0.4, 0.5) is 0 Å². The highest BCUT2D eigenvalue weighted by Gasteiger charge is 2.32. The smallest absolute Gasteiger partial charge is 0.303 e. The summed E-state index contributed by atoms with van der Waals surface area (Å²) in [5.74, 6) is -1.09. The molecule has 1 aromatic heterocycles. The third kappa shape index (κ3) is 4.81. The lowest BCUT2D eigenvalue weighted by Crippen LogP contribution is -2.29. The Morgan fingerprint density at radius 1 is 1.16 bits per heavy atom. The van der Waals surface area contributed by atoms with Crippen LogP contribution in [0.3, 0.4) is 0 Å². The second kappa shape index (κ2) is 9.50. The first-order valence-corrected chi connectivity index (χ1v) is 11.3. The van der Waals surface area contributed by atoms with Crippen LogP contribution in [-0.4, -0.2) is 42.5 Å². The molecule has 0 radical (unpaired) electrons. The number of amides is 1. The molecule has 1 saturated heterocycles. The second-order valence-electron chi connectivity index (χ2n) is 7.41. The molecule has 1 aliphatic heterocycles. The number of aromatic nitrogens is 2. The predicted octanol–water partition coefficient (Wildman–Crippen LogP) is 4.91. The summed E-state index contributed by atoms with van der Waals surface area (Å²) < 4.78 is 2.24. The minimum Gasteiger partial charge on any atom is -0.481 e. The maximum atomic E-state index is 12.9. The van der Waals surface area contributed by atoms with Crippen molar-refractivity contribution >= 4 is 46.3 Å². The molecule has 2 heterocycles. The van der Waals surface area contributed by atoms with E-state index in [4.69, 9.17) is 22.4 Å². The standard InChI is InChI=1S/C24H21N3O3S2/c1-16-9-11-17(12-10-16)22-18(15-27(25-22)19-6-3-2-4-7-19)14-20-23(30)26(24(31)32-20)13-5-8-21(28)29/h2-4,6-7,9-12,14-15H,5,8,13H2,1H3,(H,28,29). The molecule has 32 heavy (non-hydrogen) atoms. The zero-order chi connectivity index (χ0) is 22.7. The van der Waals surface area contributed by atoms with Crippen LogP contribution < -0.4 is 0 Å². The minimum atomic E-state index is -0.887. The fourth-order valence-electron chi connectivity index (χ4n) is 3.36. The maximum absolute atomic E-state index is 12.9. The third-order valence-electron chi connectivity index (χ3n) is 5.02. The quantitative estimate of drug-likeness (QED) is 0.396. The lowest BCUT2D eigenvalue weighted by Gasteiger charge is -2.13. The summed E-state index contributed by atoms with van der Waals surface area (Å²) in [7, 11) is 0. The number of para-hydroxylation sites is 1. The van der Waals surface area contributed by atoms with Gasteiger partial charge in [0.25, 0.3) is 5.91 Å². The van der Waals surface area contributed by atoms with Crippen molar-refractivity contribution in [1.29, 1.82) is 0 Å². The van der Waals surface area contributed by atoms with E-state index in [1.54, 1.807) is 4.68 Å². The van der Waals surface area contributed by atoms with Gasteiger partial charge in [0.05, 0.1) is 16.3 Å². The van der Waals surface area contributed by atoms with Crippen LogP contribution in [0.25, 0.3) is 23.0 Å². The first-order chi connectivity index (χ1) is 15.4. The third-order valence-corrected chi connectivity index (χ3v) is 6.40. The van der Waals surface area contributed by atoms with Gasteiger partial charge in [-0.25, -0.2) is 4.68 Å². The van der Waals surface area contributed by atoms with E-state index in [1.807, 2.05) is 73.8 Å². The van der Waals surface area contributed by atoms with E-state index in [-0.39, 0.29) is 12.3 Å². The Kier molecular flexibility index (Phi) is 6.53. The lowest BCUT2D eigenvalue weighted by molar-refractivity contribution is -0.137. The summed E-state index contributed by atoms with van der Waals surface area (Å²) in [5, 5.41) is 13.7. The second-order valence-corrected chi connectivity index (χ2v) is 9.09. The molecular weight excluding hydrogens is 442 g/mol. The Hall–Kier alpha value is -3.23. The molecule has 0 bridgehead atoms. The molecule has 162 valence electrons. The number of benzene rings is 2. The van der Waals surface area contributed by atoms with E-state index in [0.29, 0.717) is 22.2 Å². The molecular formula is C24H21N3O3S2. The van der Waals surface area contributed by atoms with Crippen molar-refractivity contribution in [2.75, 3.05) is 6.54 Å². The van der Waals surface area contributed by atoms with E-state index in [2.05, 4.69) is 0 Å². The van der Waals surface area contributed by atoms with Crippen LogP contribution in [0.1, 0.15) is 24.0 Å². The molecule has 4 rings (SSSR count). The monoisotopic (exact) mass is 463 g/mol. The number of thioether (sulfide) groups is 1. The molecule has 0 atom stereocenters. The summed E-state index contributed by atoms with van der Waals surface area (Å²) in [6, 6.07) is 17.9. The number of carboxylic acid groups (broad SMARTS) is 1. The van der Waals surface area contributed by atoms with E-state index < -0.39 is 5.97 Å². The van der Waals surface area contributed by atoms with E-state index in [1.165, 1.54) is 16.7 Å². The van der Waals surface area contributed by atoms with Gasteiger partial charge in [-0.05, 0) is 31.6 Å². The van der Waals surface area contributed by atoms with Crippen molar-refractivity contribution < 1.29 is 14.7 Å². The van der Waals surface area contributed by atoms with Crippen LogP contribution >= 0.6 is 24.0 Å². The van der Waals surface area contributed by atoms with Gasteiger partial charge in [0.15, 0.2) is 0 Å². The van der Waals surface area contributed by atoms with E-state index in [0.717, 1.165) is 28.1 Å². The SMILES string of the molecule is Cc1ccc(-c2nn(-c3ccccc3)cc2C=C2SC(=S)N(CCCC(=O)O)C2=O)cc1. The van der Waals surface area contributed by atoms with Crippen molar-refractivity contribution in [3.8, 4) is 16.9 Å². The van der Waals surface area contributed by atoms with Gasteiger partial charge in [0.1, 0.15) is 4.32 Å². The normalized spacial score (nSPS) is 15.0. The zero-order valence-corrected chi connectivity index (χ0v) is 19.0. The molecule has 0 spiro atoms. The number of hydrogen-bond acceptors (Lipinski definition) is 5. The fourth-order valence-corrected chi connectivity index (χ4v) is 4.66. The van der Waals surface area contributed by atoms with Crippen LogP contribution in [0, 0.1) is 6.92 Å². The van der Waals surface area contributed by atoms with Crippen LogP contribution in [0.2, 0.25) is 0 Å². The highest BCUT2D eigenvalue weighted by molar-refractivity contribution is 8.26. The Balaban J connectivity index is 1.69. The molecule has 1 aliphatic rings. The van der Waals surface area contributed by atoms with Gasteiger partial charge in [-0.15, -0.1) is 0 Å². The van der Waals surface area contributed by atoms with Crippen molar-refractivity contribution in [2.24, 2.45) is 0 Å². The van der Waals surface area contributed by atoms with Crippen molar-refractivity contribution in [1.82, 2.24) is 14.7 Å². The average Bonchev–Trinajstić information content (AvgIpc) is 3.31. The molecule has 1 fully saturated rings. The van der Waals surface area contributed by atoms with E-state index in [9.17, 15) is 9.59 Å². The Labute approximate surface area is 195 Å². The Morgan fingerprint density at radius 2 is 1.88 bits per heavy atom. The van der Waals surface area contributed by atoms with Gasteiger partial charge in [-0.1, -0.05) is 72.0 Å². The van der Waals surface area contributed by atoms with Crippen molar-refractivity contribution in [2.45, 2.75) is 19.8 Å². The molecule has 0 unspecified atom stereocenters. The topological polar surface area (TPSA) is 75.4 Å². The number of carbonyl (C=O) groups excluding carboxylic acids is 1. The van der Waals surface area contributed by atoms with Gasteiger partial charge in [-0.2, -0.15) is 5.10 Å². The Morgan fingerprint density at radius 3 is 2.56 bits per heavy atom. The number of nitrogens with zero attached hydrogens (tertiary/aromatic N) is 3. The molecule has 3 aromatic rings. The van der Waals surface area contributed by atoms with Crippen LogP contribution in [-0.2, 0) is 9.59 Å². The molecule has 0 aliphatic carbocycles. The number of rotatable bonds is 7.